The van der Waals surface area contributed by atoms with Gasteiger partial charge in [0, 0.05) is 38.1 Å². The number of nitrogens with zero attached hydrogens (tertiary/aromatic N) is 3. The van der Waals surface area contributed by atoms with Crippen LogP contribution in [0.3, 0.4) is 0 Å². The summed E-state index contributed by atoms with van der Waals surface area (Å²) in [7, 11) is 0. The molecule has 1 fully saturated rings. The van der Waals surface area contributed by atoms with E-state index in [1.54, 1.807) is 6.20 Å². The van der Waals surface area contributed by atoms with E-state index in [2.05, 4.69) is 14.8 Å². The molecule has 2 aromatic rings. The molecule has 0 bridgehead atoms. The van der Waals surface area contributed by atoms with Gasteiger partial charge in [-0.25, -0.2) is 9.37 Å². The Morgan fingerprint density at radius 1 is 0.952 bits per heavy atom. The molecule has 0 amide bonds. The van der Waals surface area contributed by atoms with Crippen molar-refractivity contribution in [2.24, 2.45) is 0 Å². The van der Waals surface area contributed by atoms with Crippen LogP contribution in [0.25, 0.3) is 0 Å². The number of hydrogen-bond donors (Lipinski definition) is 1. The minimum Gasteiger partial charge on any atom is -0.392 e. The molecule has 1 aromatic heterocycles. The SMILES string of the molecule is OCc1ccc(N2CCN(c3ccc(F)cc3)CC2)nc1. The minimum absolute atomic E-state index is 0.0195. The number of halogens is 1. The van der Waals surface area contributed by atoms with E-state index in [0.29, 0.717) is 0 Å². The average Bonchev–Trinajstić information content (AvgIpc) is 2.56. The topological polar surface area (TPSA) is 39.6 Å². The van der Waals surface area contributed by atoms with Crippen LogP contribution in [0.5, 0.6) is 0 Å². The first-order chi connectivity index (χ1) is 10.3. The fourth-order valence-electron chi connectivity index (χ4n) is 2.54. The lowest BCUT2D eigenvalue weighted by molar-refractivity contribution is 0.281. The van der Waals surface area contributed by atoms with Crippen molar-refractivity contribution in [3.63, 3.8) is 0 Å². The lowest BCUT2D eigenvalue weighted by Crippen LogP contribution is -2.46. The minimum atomic E-state index is -0.203. The maximum absolute atomic E-state index is 12.9. The zero-order valence-corrected chi connectivity index (χ0v) is 11.7. The Hall–Kier alpha value is -2.14. The van der Waals surface area contributed by atoms with Crippen LogP contribution in [0.15, 0.2) is 42.6 Å². The van der Waals surface area contributed by atoms with E-state index in [9.17, 15) is 4.39 Å². The van der Waals surface area contributed by atoms with E-state index in [1.807, 2.05) is 24.3 Å². The third kappa shape index (κ3) is 3.13. The number of piperazine rings is 1. The Balaban J connectivity index is 1.62. The van der Waals surface area contributed by atoms with Crippen molar-refractivity contribution in [3.8, 4) is 0 Å². The van der Waals surface area contributed by atoms with Crippen molar-refractivity contribution >= 4 is 11.5 Å². The van der Waals surface area contributed by atoms with Crippen LogP contribution in [0.2, 0.25) is 0 Å². The normalized spacial score (nSPS) is 15.3. The number of pyridine rings is 1. The Labute approximate surface area is 123 Å². The maximum atomic E-state index is 12.9. The zero-order valence-electron chi connectivity index (χ0n) is 11.7. The van der Waals surface area contributed by atoms with Gasteiger partial charge < -0.3 is 14.9 Å². The molecule has 1 N–H and O–H groups in total. The van der Waals surface area contributed by atoms with Gasteiger partial charge in [0.25, 0.3) is 0 Å². The van der Waals surface area contributed by atoms with Gasteiger partial charge in [0.15, 0.2) is 0 Å². The molecule has 0 atom stereocenters. The smallest absolute Gasteiger partial charge is 0.128 e. The lowest BCUT2D eigenvalue weighted by atomic mass is 10.2. The predicted molar refractivity (Wildman–Crippen MR) is 81.0 cm³/mol. The molecule has 1 saturated heterocycles. The number of aromatic nitrogens is 1. The first kappa shape index (κ1) is 13.8. The standard InChI is InChI=1S/C16H18FN3O/c17-14-2-4-15(5-3-14)19-7-9-20(10-8-19)16-6-1-13(12-21)11-18-16/h1-6,11,21H,7-10,12H2. The Kier molecular flexibility index (Phi) is 4.01. The second-order valence-corrected chi connectivity index (χ2v) is 5.13. The second kappa shape index (κ2) is 6.10. The molecule has 0 radical (unpaired) electrons. The van der Waals surface area contributed by atoms with Gasteiger partial charge in [-0.05, 0) is 35.9 Å². The zero-order chi connectivity index (χ0) is 14.7. The highest BCUT2D eigenvalue weighted by Gasteiger charge is 2.18. The summed E-state index contributed by atoms with van der Waals surface area (Å²) in [5.41, 5.74) is 1.88. The van der Waals surface area contributed by atoms with Crippen molar-refractivity contribution in [3.05, 3.63) is 54.0 Å². The number of aliphatic hydroxyl groups excluding tert-OH is 1. The van der Waals surface area contributed by atoms with Crippen LogP contribution >= 0.6 is 0 Å². The van der Waals surface area contributed by atoms with E-state index in [1.165, 1.54) is 12.1 Å². The number of aliphatic hydroxyl groups is 1. The number of hydrogen-bond acceptors (Lipinski definition) is 4. The van der Waals surface area contributed by atoms with E-state index in [0.717, 1.165) is 43.2 Å². The van der Waals surface area contributed by atoms with Gasteiger partial charge >= 0.3 is 0 Å². The Morgan fingerprint density at radius 2 is 1.62 bits per heavy atom. The second-order valence-electron chi connectivity index (χ2n) is 5.13. The molecule has 1 aliphatic rings. The summed E-state index contributed by atoms with van der Waals surface area (Å²) in [5, 5.41) is 9.03. The van der Waals surface area contributed by atoms with Crippen LogP contribution in [0.4, 0.5) is 15.9 Å². The van der Waals surface area contributed by atoms with Crippen molar-refractivity contribution in [1.29, 1.82) is 0 Å². The average molecular weight is 287 g/mol. The molecule has 5 heteroatoms. The van der Waals surface area contributed by atoms with E-state index < -0.39 is 0 Å². The molecule has 4 nitrogen and oxygen atoms in total. The maximum Gasteiger partial charge on any atom is 0.128 e. The fourth-order valence-corrected chi connectivity index (χ4v) is 2.54. The summed E-state index contributed by atoms with van der Waals surface area (Å²) in [4.78, 5) is 8.85. The monoisotopic (exact) mass is 287 g/mol. The molecule has 110 valence electrons. The van der Waals surface area contributed by atoms with Crippen molar-refractivity contribution in [1.82, 2.24) is 4.98 Å². The summed E-state index contributed by atoms with van der Waals surface area (Å²) in [6.45, 7) is 3.54. The van der Waals surface area contributed by atoms with Gasteiger partial charge in [-0.15, -0.1) is 0 Å². The van der Waals surface area contributed by atoms with Gasteiger partial charge in [-0.3, -0.25) is 0 Å². The van der Waals surface area contributed by atoms with Crippen molar-refractivity contribution in [2.75, 3.05) is 36.0 Å². The van der Waals surface area contributed by atoms with Crippen LogP contribution in [-0.2, 0) is 6.61 Å². The molecular weight excluding hydrogens is 269 g/mol. The molecule has 1 aliphatic heterocycles. The summed E-state index contributed by atoms with van der Waals surface area (Å²) < 4.78 is 12.9. The van der Waals surface area contributed by atoms with Crippen LogP contribution < -0.4 is 9.80 Å². The lowest BCUT2D eigenvalue weighted by Gasteiger charge is -2.36. The van der Waals surface area contributed by atoms with Gasteiger partial charge in [0.2, 0.25) is 0 Å². The Bertz CT molecular complexity index is 577. The highest BCUT2D eigenvalue weighted by Crippen LogP contribution is 2.19. The highest BCUT2D eigenvalue weighted by atomic mass is 19.1. The third-order valence-corrected chi connectivity index (χ3v) is 3.79. The van der Waals surface area contributed by atoms with Crippen LogP contribution in [-0.4, -0.2) is 36.3 Å². The van der Waals surface area contributed by atoms with E-state index >= 15 is 0 Å². The molecule has 0 aliphatic carbocycles. The van der Waals surface area contributed by atoms with Gasteiger partial charge in [0.1, 0.15) is 11.6 Å². The first-order valence-corrected chi connectivity index (χ1v) is 7.07. The summed E-state index contributed by atoms with van der Waals surface area (Å²) in [6.07, 6.45) is 1.71. The molecule has 1 aromatic carbocycles. The molecule has 21 heavy (non-hydrogen) atoms. The molecule has 0 saturated carbocycles. The number of anilines is 2. The van der Waals surface area contributed by atoms with Gasteiger partial charge in [0.05, 0.1) is 6.61 Å². The molecule has 0 spiro atoms. The largest absolute Gasteiger partial charge is 0.392 e. The fraction of sp³-hybridized carbons (Fsp3) is 0.312. The Morgan fingerprint density at radius 3 is 2.19 bits per heavy atom. The number of benzene rings is 1. The van der Waals surface area contributed by atoms with E-state index in [-0.39, 0.29) is 12.4 Å². The molecular formula is C16H18FN3O. The summed E-state index contributed by atoms with van der Waals surface area (Å²) in [6, 6.07) is 10.5. The molecule has 3 rings (SSSR count). The van der Waals surface area contributed by atoms with Crippen molar-refractivity contribution < 1.29 is 9.50 Å². The van der Waals surface area contributed by atoms with Gasteiger partial charge in [-0.2, -0.15) is 0 Å². The van der Waals surface area contributed by atoms with Crippen LogP contribution in [0.1, 0.15) is 5.56 Å². The third-order valence-electron chi connectivity index (χ3n) is 3.79. The molecule has 2 heterocycles. The van der Waals surface area contributed by atoms with Crippen molar-refractivity contribution in [2.45, 2.75) is 6.61 Å². The number of rotatable bonds is 3. The summed E-state index contributed by atoms with van der Waals surface area (Å²) >= 11 is 0. The summed E-state index contributed by atoms with van der Waals surface area (Å²) in [5.74, 6) is 0.733. The van der Waals surface area contributed by atoms with Gasteiger partial charge in [-0.1, -0.05) is 6.07 Å². The van der Waals surface area contributed by atoms with Crippen LogP contribution in [0, 0.1) is 5.82 Å². The first-order valence-electron chi connectivity index (χ1n) is 7.07. The van der Waals surface area contributed by atoms with E-state index in [4.69, 9.17) is 5.11 Å². The molecule has 0 unspecified atom stereocenters. The predicted octanol–water partition coefficient (Wildman–Crippen LogP) is 2.04. The quantitative estimate of drug-likeness (QED) is 0.938. The highest BCUT2D eigenvalue weighted by molar-refractivity contribution is 5.49.